The highest BCUT2D eigenvalue weighted by Crippen LogP contribution is 2.17. The summed E-state index contributed by atoms with van der Waals surface area (Å²) < 4.78 is 1.86. The van der Waals surface area contributed by atoms with Crippen molar-refractivity contribution in [2.75, 3.05) is 5.32 Å². The molecule has 5 nitrogen and oxygen atoms in total. The fourth-order valence-corrected chi connectivity index (χ4v) is 3.27. The van der Waals surface area contributed by atoms with Gasteiger partial charge >= 0.3 is 0 Å². The van der Waals surface area contributed by atoms with Crippen LogP contribution in [0.5, 0.6) is 0 Å². The first kappa shape index (κ1) is 20.7. The molecule has 0 radical (unpaired) electrons. The van der Waals surface area contributed by atoms with Crippen LogP contribution in [0.1, 0.15) is 61.5 Å². The van der Waals surface area contributed by atoms with Crippen LogP contribution in [-0.4, -0.2) is 15.7 Å². The number of aromatic nitrogens is 2. The molecule has 27 heavy (non-hydrogen) atoms. The van der Waals surface area contributed by atoms with Crippen molar-refractivity contribution in [1.82, 2.24) is 9.78 Å². The Kier molecular flexibility index (Phi) is 8.06. The van der Waals surface area contributed by atoms with Gasteiger partial charge in [0, 0.05) is 17.8 Å². The summed E-state index contributed by atoms with van der Waals surface area (Å²) in [6.07, 6.45) is 6.31. The molecule has 0 spiro atoms. The van der Waals surface area contributed by atoms with Gasteiger partial charge in [-0.1, -0.05) is 31.9 Å². The highest BCUT2D eigenvalue weighted by atomic mass is 16.1. The second-order valence-corrected chi connectivity index (χ2v) is 6.98. The minimum Gasteiger partial charge on any atom is -0.326 e. The number of nitrogens with one attached hydrogen (secondary N) is 1. The largest absolute Gasteiger partial charge is 0.326 e. The lowest BCUT2D eigenvalue weighted by Gasteiger charge is -2.07. The van der Waals surface area contributed by atoms with Gasteiger partial charge in [-0.15, -0.1) is 0 Å². The summed E-state index contributed by atoms with van der Waals surface area (Å²) in [6, 6.07) is 10.3. The number of carbonyl (C=O) groups is 1. The van der Waals surface area contributed by atoms with E-state index in [1.165, 1.54) is 24.8 Å². The van der Waals surface area contributed by atoms with E-state index >= 15 is 0 Å². The predicted molar refractivity (Wildman–Crippen MR) is 109 cm³/mol. The summed E-state index contributed by atoms with van der Waals surface area (Å²) >= 11 is 0. The summed E-state index contributed by atoms with van der Waals surface area (Å²) in [5.41, 5.74) is 5.26. The van der Waals surface area contributed by atoms with Gasteiger partial charge in [0.1, 0.15) is 0 Å². The lowest BCUT2D eigenvalue weighted by Crippen LogP contribution is -2.12. The average molecular weight is 367 g/mol. The molecule has 1 N–H and O–H groups in total. The minimum atomic E-state index is 0.0114. The number of unbranched alkanes of at least 4 members (excludes halogenated alkanes) is 2. The Hall–Kier alpha value is -2.61. The lowest BCUT2D eigenvalue weighted by atomic mass is 10.1. The van der Waals surface area contributed by atoms with E-state index in [4.69, 9.17) is 5.26 Å². The van der Waals surface area contributed by atoms with Crippen LogP contribution in [0.4, 0.5) is 5.69 Å². The Bertz CT molecular complexity index is 784. The van der Waals surface area contributed by atoms with Crippen molar-refractivity contribution in [2.24, 2.45) is 0 Å². The third-order valence-corrected chi connectivity index (χ3v) is 4.88. The molecule has 2 aromatic rings. The van der Waals surface area contributed by atoms with Gasteiger partial charge in [-0.3, -0.25) is 9.48 Å². The average Bonchev–Trinajstić information content (AvgIpc) is 2.93. The van der Waals surface area contributed by atoms with Crippen molar-refractivity contribution in [3.05, 3.63) is 46.8 Å². The number of aryl methyl sites for hydroxylation is 3. The Morgan fingerprint density at radius 1 is 1.19 bits per heavy atom. The van der Waals surface area contributed by atoms with Gasteiger partial charge in [0.2, 0.25) is 5.91 Å². The number of carbonyl (C=O) groups excluding carboxylic acids is 1. The molecule has 0 atom stereocenters. The smallest absolute Gasteiger partial charge is 0.224 e. The first-order valence-corrected chi connectivity index (χ1v) is 9.83. The quantitative estimate of drug-likeness (QED) is 0.619. The Balaban J connectivity index is 1.86. The number of hydrogen-bond donors (Lipinski definition) is 1. The molecule has 5 heteroatoms. The first-order chi connectivity index (χ1) is 13.0. The highest BCUT2D eigenvalue weighted by Gasteiger charge is 2.13. The molecule has 0 saturated carbocycles. The Morgan fingerprint density at radius 2 is 1.93 bits per heavy atom. The zero-order chi connectivity index (χ0) is 19.6. The molecule has 1 aromatic heterocycles. The van der Waals surface area contributed by atoms with E-state index in [0.717, 1.165) is 29.1 Å². The monoisotopic (exact) mass is 366 g/mol. The lowest BCUT2D eigenvalue weighted by molar-refractivity contribution is -0.116. The van der Waals surface area contributed by atoms with Crippen molar-refractivity contribution in [3.8, 4) is 6.07 Å². The maximum absolute atomic E-state index is 12.3. The van der Waals surface area contributed by atoms with E-state index in [9.17, 15) is 4.79 Å². The predicted octanol–water partition coefficient (Wildman–Crippen LogP) is 4.72. The Morgan fingerprint density at radius 3 is 2.59 bits per heavy atom. The number of nitriles is 1. The zero-order valence-corrected chi connectivity index (χ0v) is 16.7. The van der Waals surface area contributed by atoms with E-state index in [1.54, 1.807) is 0 Å². The number of nitrogens with zero attached hydrogens (tertiary/aromatic N) is 3. The summed E-state index contributed by atoms with van der Waals surface area (Å²) in [6.45, 7) is 6.77. The van der Waals surface area contributed by atoms with Crippen molar-refractivity contribution in [3.63, 3.8) is 0 Å². The molecular formula is C22H30N4O. The van der Waals surface area contributed by atoms with Crippen molar-refractivity contribution in [1.29, 1.82) is 5.26 Å². The van der Waals surface area contributed by atoms with Crippen LogP contribution >= 0.6 is 0 Å². The van der Waals surface area contributed by atoms with Crippen LogP contribution in [0.25, 0.3) is 0 Å². The van der Waals surface area contributed by atoms with Crippen molar-refractivity contribution < 1.29 is 4.79 Å². The van der Waals surface area contributed by atoms with E-state index in [-0.39, 0.29) is 5.91 Å². The fourth-order valence-electron chi connectivity index (χ4n) is 3.27. The summed E-state index contributed by atoms with van der Waals surface area (Å²) in [5.74, 6) is 0.0114. The van der Waals surface area contributed by atoms with Crippen LogP contribution in [0.15, 0.2) is 24.3 Å². The summed E-state index contributed by atoms with van der Waals surface area (Å²) in [7, 11) is 0. The molecule has 2 rings (SSSR count). The second kappa shape index (κ2) is 10.5. The molecular weight excluding hydrogens is 336 g/mol. The summed E-state index contributed by atoms with van der Waals surface area (Å²) in [4.78, 5) is 12.3. The molecule has 0 bridgehead atoms. The van der Waals surface area contributed by atoms with Gasteiger partial charge in [0.05, 0.1) is 24.7 Å². The van der Waals surface area contributed by atoms with Crippen LogP contribution < -0.4 is 5.32 Å². The van der Waals surface area contributed by atoms with Crippen molar-refractivity contribution in [2.45, 2.75) is 72.3 Å². The topological polar surface area (TPSA) is 70.7 Å². The SMILES string of the molecule is CCCCCc1ccc(NC(=O)CCc2c(C)nn(CCC#N)c2C)cc1. The van der Waals surface area contributed by atoms with Crippen LogP contribution in [-0.2, 0) is 24.2 Å². The van der Waals surface area contributed by atoms with Crippen LogP contribution in [0.2, 0.25) is 0 Å². The number of benzene rings is 1. The number of anilines is 1. The zero-order valence-electron chi connectivity index (χ0n) is 16.7. The number of amides is 1. The van der Waals surface area contributed by atoms with E-state index in [2.05, 4.69) is 35.5 Å². The van der Waals surface area contributed by atoms with E-state index in [0.29, 0.717) is 25.8 Å². The molecule has 0 saturated heterocycles. The van der Waals surface area contributed by atoms with Gasteiger partial charge < -0.3 is 5.32 Å². The summed E-state index contributed by atoms with van der Waals surface area (Å²) in [5, 5.41) is 16.2. The third-order valence-electron chi connectivity index (χ3n) is 4.88. The molecule has 0 aliphatic heterocycles. The standard InChI is InChI=1S/C22H30N4O/c1-4-5-6-8-19-9-11-20(12-10-19)24-22(27)14-13-21-17(2)25-26(18(21)3)16-7-15-23/h9-12H,4-8,13-14,16H2,1-3H3,(H,24,27). The maximum Gasteiger partial charge on any atom is 0.224 e. The second-order valence-electron chi connectivity index (χ2n) is 6.98. The molecule has 144 valence electrons. The molecule has 1 amide bonds. The van der Waals surface area contributed by atoms with Crippen LogP contribution in [0, 0.1) is 25.2 Å². The van der Waals surface area contributed by atoms with Gasteiger partial charge in [-0.2, -0.15) is 10.4 Å². The molecule has 0 fully saturated rings. The van der Waals surface area contributed by atoms with Crippen LogP contribution in [0.3, 0.4) is 0 Å². The maximum atomic E-state index is 12.3. The third kappa shape index (κ3) is 6.25. The Labute approximate surface area is 162 Å². The van der Waals surface area contributed by atoms with Gasteiger partial charge in [-0.25, -0.2) is 0 Å². The number of rotatable bonds is 10. The van der Waals surface area contributed by atoms with Gasteiger partial charge in [0.25, 0.3) is 0 Å². The minimum absolute atomic E-state index is 0.0114. The highest BCUT2D eigenvalue weighted by molar-refractivity contribution is 5.90. The van der Waals surface area contributed by atoms with Gasteiger partial charge in [0.15, 0.2) is 0 Å². The molecule has 0 unspecified atom stereocenters. The first-order valence-electron chi connectivity index (χ1n) is 9.83. The van der Waals surface area contributed by atoms with E-state index in [1.807, 2.05) is 30.7 Å². The molecule has 1 aromatic carbocycles. The normalized spacial score (nSPS) is 10.6. The molecule has 1 heterocycles. The van der Waals surface area contributed by atoms with Crippen molar-refractivity contribution >= 4 is 11.6 Å². The van der Waals surface area contributed by atoms with Gasteiger partial charge in [-0.05, 0) is 56.4 Å². The molecule has 0 aliphatic rings. The molecule has 0 aliphatic carbocycles. The van der Waals surface area contributed by atoms with E-state index < -0.39 is 0 Å². The fraction of sp³-hybridized carbons (Fsp3) is 0.500. The number of hydrogen-bond acceptors (Lipinski definition) is 3.